The van der Waals surface area contributed by atoms with E-state index < -0.39 is 29.0 Å². The Morgan fingerprint density at radius 1 is 1.07 bits per heavy atom. The molecule has 11 heteroatoms. The summed E-state index contributed by atoms with van der Waals surface area (Å²) in [5.41, 5.74) is 0.911. The SMILES string of the molecule is C[C@H](NC[C@H](O)[C@H](Cc1ccccc1)NC(=O)c1cc(N2CCCCC2=O)cc([N+](=O)[O-])c1)C(=O)NC1CCCCC1. The Morgan fingerprint density at radius 2 is 1.81 bits per heavy atom. The number of nitrogens with zero attached hydrogens (tertiary/aromatic N) is 2. The number of nitro benzene ring substituents is 1. The van der Waals surface area contributed by atoms with Crippen molar-refractivity contribution in [2.75, 3.05) is 18.0 Å². The largest absolute Gasteiger partial charge is 0.390 e. The van der Waals surface area contributed by atoms with Crippen LogP contribution in [0.15, 0.2) is 48.5 Å². The minimum absolute atomic E-state index is 0.0241. The number of hydrogen-bond acceptors (Lipinski definition) is 7. The van der Waals surface area contributed by atoms with Crippen molar-refractivity contribution in [2.45, 2.75) is 88.9 Å². The van der Waals surface area contributed by atoms with Crippen molar-refractivity contribution >= 4 is 29.1 Å². The Balaban J connectivity index is 1.47. The summed E-state index contributed by atoms with van der Waals surface area (Å²) < 4.78 is 0. The van der Waals surface area contributed by atoms with Crippen LogP contribution in [0.4, 0.5) is 11.4 Å². The molecule has 11 nitrogen and oxygen atoms in total. The number of hydrogen-bond donors (Lipinski definition) is 4. The fourth-order valence-corrected chi connectivity index (χ4v) is 5.57. The minimum atomic E-state index is -1.07. The number of piperidine rings is 1. The van der Waals surface area contributed by atoms with Crippen LogP contribution >= 0.6 is 0 Å². The monoisotopic (exact) mass is 579 g/mol. The van der Waals surface area contributed by atoms with Crippen LogP contribution in [0.25, 0.3) is 0 Å². The Kier molecular flexibility index (Phi) is 11.0. The van der Waals surface area contributed by atoms with E-state index in [0.717, 1.165) is 44.1 Å². The van der Waals surface area contributed by atoms with Gasteiger partial charge in [-0.15, -0.1) is 0 Å². The molecule has 3 atom stereocenters. The standard InChI is InChI=1S/C31H41N5O6/c1-21(30(39)33-24-12-6-3-7-13-24)32-20-28(37)27(16-22-10-4-2-5-11-22)34-31(40)23-17-25(19-26(18-23)36(41)42)35-15-9-8-14-29(35)38/h2,4-5,10-11,17-19,21,24,27-28,32,37H,3,6-9,12-16,20H2,1H3,(H,33,39)(H,34,40)/t21-,27-,28-/m0/s1. The topological polar surface area (TPSA) is 154 Å². The Labute approximate surface area is 246 Å². The highest BCUT2D eigenvalue weighted by atomic mass is 16.6. The highest BCUT2D eigenvalue weighted by molar-refractivity contribution is 5.99. The molecule has 4 rings (SSSR count). The van der Waals surface area contributed by atoms with Gasteiger partial charge in [0.15, 0.2) is 0 Å². The molecule has 0 spiro atoms. The Bertz CT molecular complexity index is 1250. The van der Waals surface area contributed by atoms with Gasteiger partial charge in [0.2, 0.25) is 11.8 Å². The van der Waals surface area contributed by atoms with E-state index >= 15 is 0 Å². The van der Waals surface area contributed by atoms with Gasteiger partial charge in [-0.05, 0) is 50.7 Å². The van der Waals surface area contributed by atoms with Crippen LogP contribution in [-0.4, -0.2) is 65.1 Å². The van der Waals surface area contributed by atoms with E-state index in [-0.39, 0.29) is 35.7 Å². The van der Waals surface area contributed by atoms with Crippen molar-refractivity contribution < 1.29 is 24.4 Å². The zero-order valence-electron chi connectivity index (χ0n) is 24.1. The zero-order valence-corrected chi connectivity index (χ0v) is 24.1. The molecular weight excluding hydrogens is 538 g/mol. The molecule has 1 aliphatic heterocycles. The number of carbonyl (C=O) groups excluding carboxylic acids is 3. The van der Waals surface area contributed by atoms with E-state index in [1.165, 1.54) is 29.5 Å². The number of carbonyl (C=O) groups is 3. The molecule has 2 aromatic rings. The molecule has 1 saturated carbocycles. The number of nitrogens with one attached hydrogen (secondary N) is 3. The third-order valence-electron chi connectivity index (χ3n) is 8.07. The third kappa shape index (κ3) is 8.59. The lowest BCUT2D eigenvalue weighted by molar-refractivity contribution is -0.384. The molecule has 3 amide bonds. The number of anilines is 1. The van der Waals surface area contributed by atoms with Gasteiger partial charge >= 0.3 is 0 Å². The first-order valence-electron chi connectivity index (χ1n) is 14.9. The molecule has 226 valence electrons. The number of nitro groups is 1. The molecule has 0 aromatic heterocycles. The number of benzene rings is 2. The van der Waals surface area contributed by atoms with Crippen molar-refractivity contribution in [3.8, 4) is 0 Å². The van der Waals surface area contributed by atoms with E-state index in [9.17, 15) is 29.6 Å². The number of amides is 3. The van der Waals surface area contributed by atoms with Crippen LogP contribution in [0.2, 0.25) is 0 Å². The molecule has 42 heavy (non-hydrogen) atoms. The van der Waals surface area contributed by atoms with Gasteiger partial charge in [0.1, 0.15) is 0 Å². The van der Waals surface area contributed by atoms with Gasteiger partial charge in [0.05, 0.1) is 28.8 Å². The number of non-ortho nitro benzene ring substituents is 1. The summed E-state index contributed by atoms with van der Waals surface area (Å²) >= 11 is 0. The zero-order chi connectivity index (χ0) is 30.1. The number of rotatable bonds is 12. The molecule has 4 N–H and O–H groups in total. The molecule has 2 aliphatic rings. The van der Waals surface area contributed by atoms with Gasteiger partial charge in [0, 0.05) is 43.2 Å². The van der Waals surface area contributed by atoms with E-state index in [1.54, 1.807) is 6.92 Å². The normalized spacial score (nSPS) is 18.1. The highest BCUT2D eigenvalue weighted by Gasteiger charge is 2.27. The van der Waals surface area contributed by atoms with Crippen LogP contribution in [0.1, 0.15) is 74.2 Å². The lowest BCUT2D eigenvalue weighted by atomic mass is 9.95. The first-order valence-corrected chi connectivity index (χ1v) is 14.9. The lowest BCUT2D eigenvalue weighted by Crippen LogP contribution is -2.53. The molecule has 1 heterocycles. The van der Waals surface area contributed by atoms with Crippen molar-refractivity contribution in [3.05, 3.63) is 69.8 Å². The third-order valence-corrected chi connectivity index (χ3v) is 8.07. The first kappa shape index (κ1) is 31.1. The summed E-state index contributed by atoms with van der Waals surface area (Å²) in [6.07, 6.45) is 6.44. The summed E-state index contributed by atoms with van der Waals surface area (Å²) in [6.45, 7) is 2.20. The molecule has 2 fully saturated rings. The summed E-state index contributed by atoms with van der Waals surface area (Å²) in [7, 11) is 0. The van der Waals surface area contributed by atoms with Crippen molar-refractivity contribution in [1.82, 2.24) is 16.0 Å². The van der Waals surface area contributed by atoms with E-state index in [1.807, 2.05) is 30.3 Å². The number of aliphatic hydroxyl groups excluding tert-OH is 1. The van der Waals surface area contributed by atoms with Crippen LogP contribution in [-0.2, 0) is 16.0 Å². The van der Waals surface area contributed by atoms with Crippen molar-refractivity contribution in [3.63, 3.8) is 0 Å². The summed E-state index contributed by atoms with van der Waals surface area (Å²) in [4.78, 5) is 51.3. The van der Waals surface area contributed by atoms with Crippen LogP contribution in [0, 0.1) is 10.1 Å². The van der Waals surface area contributed by atoms with E-state index in [2.05, 4.69) is 16.0 Å². The summed E-state index contributed by atoms with van der Waals surface area (Å²) in [5, 5.41) is 31.9. The molecular formula is C31H41N5O6. The van der Waals surface area contributed by atoms with E-state index in [0.29, 0.717) is 25.1 Å². The smallest absolute Gasteiger partial charge is 0.272 e. The predicted octanol–water partition coefficient (Wildman–Crippen LogP) is 3.24. The minimum Gasteiger partial charge on any atom is -0.390 e. The second-order valence-corrected chi connectivity index (χ2v) is 11.3. The molecule has 1 aliphatic carbocycles. The average molecular weight is 580 g/mol. The fraction of sp³-hybridized carbons (Fsp3) is 0.516. The maximum absolute atomic E-state index is 13.5. The summed E-state index contributed by atoms with van der Waals surface area (Å²) in [5.74, 6) is -0.875. The van der Waals surface area contributed by atoms with Gasteiger partial charge < -0.3 is 26.0 Å². The maximum Gasteiger partial charge on any atom is 0.272 e. The molecule has 1 saturated heterocycles. The van der Waals surface area contributed by atoms with Crippen LogP contribution < -0.4 is 20.9 Å². The summed E-state index contributed by atoms with van der Waals surface area (Å²) in [6, 6.07) is 12.2. The van der Waals surface area contributed by atoms with Gasteiger partial charge in [0.25, 0.3) is 11.6 Å². The predicted molar refractivity (Wildman–Crippen MR) is 159 cm³/mol. The van der Waals surface area contributed by atoms with Crippen molar-refractivity contribution in [1.29, 1.82) is 0 Å². The van der Waals surface area contributed by atoms with Gasteiger partial charge in [-0.1, -0.05) is 49.6 Å². The first-order chi connectivity index (χ1) is 20.2. The van der Waals surface area contributed by atoms with Gasteiger partial charge in [-0.3, -0.25) is 24.5 Å². The quantitative estimate of drug-likeness (QED) is 0.222. The van der Waals surface area contributed by atoms with Crippen LogP contribution in [0.3, 0.4) is 0 Å². The molecule has 0 radical (unpaired) electrons. The molecule has 2 aromatic carbocycles. The maximum atomic E-state index is 13.5. The van der Waals surface area contributed by atoms with Crippen LogP contribution in [0.5, 0.6) is 0 Å². The molecule has 0 unspecified atom stereocenters. The average Bonchev–Trinajstić information content (AvgIpc) is 3.00. The second-order valence-electron chi connectivity index (χ2n) is 11.3. The highest BCUT2D eigenvalue weighted by Crippen LogP contribution is 2.27. The lowest BCUT2D eigenvalue weighted by Gasteiger charge is -2.28. The number of aliphatic hydroxyl groups is 1. The second kappa shape index (κ2) is 14.9. The molecule has 0 bridgehead atoms. The Morgan fingerprint density at radius 3 is 2.50 bits per heavy atom. The van der Waals surface area contributed by atoms with Gasteiger partial charge in [-0.25, -0.2) is 0 Å². The Hall–Kier alpha value is -3.83. The van der Waals surface area contributed by atoms with Gasteiger partial charge in [-0.2, -0.15) is 0 Å². The fourth-order valence-electron chi connectivity index (χ4n) is 5.57. The van der Waals surface area contributed by atoms with E-state index in [4.69, 9.17) is 0 Å². The van der Waals surface area contributed by atoms with Crippen molar-refractivity contribution in [2.24, 2.45) is 0 Å².